The summed E-state index contributed by atoms with van der Waals surface area (Å²) in [5.41, 5.74) is 0.295. The SMILES string of the molecule is CC(Cc1ccc(O)cc1)N(C)C(=O)CC1(O)CCCC1. The molecule has 0 spiro atoms. The summed E-state index contributed by atoms with van der Waals surface area (Å²) >= 11 is 0. The largest absolute Gasteiger partial charge is 0.508 e. The van der Waals surface area contributed by atoms with Crippen LogP contribution in [0.4, 0.5) is 0 Å². The zero-order chi connectivity index (χ0) is 15.5. The Balaban J connectivity index is 1.90. The van der Waals surface area contributed by atoms with Gasteiger partial charge in [-0.2, -0.15) is 0 Å². The van der Waals surface area contributed by atoms with E-state index < -0.39 is 5.60 Å². The van der Waals surface area contributed by atoms with Gasteiger partial charge in [-0.15, -0.1) is 0 Å². The van der Waals surface area contributed by atoms with Crippen molar-refractivity contribution in [3.63, 3.8) is 0 Å². The highest BCUT2D eigenvalue weighted by atomic mass is 16.3. The number of likely N-dealkylation sites (N-methyl/N-ethyl adjacent to an activating group) is 1. The molecular formula is C17H25NO3. The summed E-state index contributed by atoms with van der Waals surface area (Å²) < 4.78 is 0. The van der Waals surface area contributed by atoms with Gasteiger partial charge in [0, 0.05) is 13.1 Å². The molecule has 0 aliphatic heterocycles. The molecule has 2 N–H and O–H groups in total. The fourth-order valence-corrected chi connectivity index (χ4v) is 2.97. The van der Waals surface area contributed by atoms with E-state index in [1.54, 1.807) is 24.1 Å². The van der Waals surface area contributed by atoms with E-state index in [1.165, 1.54) is 0 Å². The van der Waals surface area contributed by atoms with Crippen LogP contribution in [-0.2, 0) is 11.2 Å². The molecule has 0 aromatic heterocycles. The number of benzene rings is 1. The zero-order valence-electron chi connectivity index (χ0n) is 12.9. The van der Waals surface area contributed by atoms with Crippen molar-refractivity contribution < 1.29 is 15.0 Å². The predicted octanol–water partition coefficient (Wildman–Crippen LogP) is 2.48. The van der Waals surface area contributed by atoms with Gasteiger partial charge in [0.2, 0.25) is 5.91 Å². The molecule has 1 fully saturated rings. The van der Waals surface area contributed by atoms with Gasteiger partial charge in [0.25, 0.3) is 0 Å². The zero-order valence-corrected chi connectivity index (χ0v) is 12.9. The van der Waals surface area contributed by atoms with Crippen LogP contribution >= 0.6 is 0 Å². The van der Waals surface area contributed by atoms with Gasteiger partial charge in [0.15, 0.2) is 0 Å². The third-order valence-corrected chi connectivity index (χ3v) is 4.54. The molecule has 2 rings (SSSR count). The monoisotopic (exact) mass is 291 g/mol. The van der Waals surface area contributed by atoms with Crippen LogP contribution in [0.25, 0.3) is 0 Å². The second-order valence-electron chi connectivity index (χ2n) is 6.33. The first kappa shape index (κ1) is 15.8. The average molecular weight is 291 g/mol. The number of carbonyl (C=O) groups excluding carboxylic acids is 1. The molecule has 0 heterocycles. The van der Waals surface area contributed by atoms with Gasteiger partial charge in [-0.1, -0.05) is 25.0 Å². The number of hydrogen-bond donors (Lipinski definition) is 2. The molecule has 21 heavy (non-hydrogen) atoms. The van der Waals surface area contributed by atoms with Crippen molar-refractivity contribution >= 4 is 5.91 Å². The van der Waals surface area contributed by atoms with Crippen LogP contribution in [-0.4, -0.2) is 39.7 Å². The van der Waals surface area contributed by atoms with Crippen molar-refractivity contribution in [1.82, 2.24) is 4.90 Å². The molecule has 1 atom stereocenters. The van der Waals surface area contributed by atoms with Crippen molar-refractivity contribution in [2.45, 2.75) is 57.1 Å². The van der Waals surface area contributed by atoms with E-state index in [2.05, 4.69) is 0 Å². The molecule has 0 radical (unpaired) electrons. The second-order valence-corrected chi connectivity index (χ2v) is 6.33. The van der Waals surface area contributed by atoms with E-state index in [1.807, 2.05) is 19.1 Å². The maximum absolute atomic E-state index is 12.3. The Morgan fingerprint density at radius 1 is 1.29 bits per heavy atom. The lowest BCUT2D eigenvalue weighted by molar-refractivity contribution is -0.136. The number of phenols is 1. The van der Waals surface area contributed by atoms with Gasteiger partial charge in [-0.3, -0.25) is 4.79 Å². The third-order valence-electron chi connectivity index (χ3n) is 4.54. The molecule has 1 amide bonds. The Kier molecular flexibility index (Phi) is 4.88. The van der Waals surface area contributed by atoms with E-state index in [4.69, 9.17) is 0 Å². The lowest BCUT2D eigenvalue weighted by atomic mass is 9.96. The number of hydrogen-bond acceptors (Lipinski definition) is 3. The van der Waals surface area contributed by atoms with Crippen LogP contribution in [0, 0.1) is 0 Å². The summed E-state index contributed by atoms with van der Waals surface area (Å²) in [6, 6.07) is 7.12. The molecule has 1 unspecified atom stereocenters. The lowest BCUT2D eigenvalue weighted by Gasteiger charge is -2.29. The number of nitrogens with zero attached hydrogens (tertiary/aromatic N) is 1. The quantitative estimate of drug-likeness (QED) is 0.876. The van der Waals surface area contributed by atoms with Crippen LogP contribution < -0.4 is 0 Å². The predicted molar refractivity (Wildman–Crippen MR) is 82.1 cm³/mol. The number of carbonyl (C=O) groups is 1. The second kappa shape index (κ2) is 6.48. The van der Waals surface area contributed by atoms with E-state index in [9.17, 15) is 15.0 Å². The minimum atomic E-state index is -0.788. The average Bonchev–Trinajstić information content (AvgIpc) is 2.86. The molecule has 1 saturated carbocycles. The van der Waals surface area contributed by atoms with Gasteiger partial charge in [-0.05, 0) is 43.9 Å². The number of rotatable bonds is 5. The topological polar surface area (TPSA) is 60.8 Å². The summed E-state index contributed by atoms with van der Waals surface area (Å²) in [6.45, 7) is 2.00. The number of phenolic OH excluding ortho intramolecular Hbond substituents is 1. The van der Waals surface area contributed by atoms with E-state index in [-0.39, 0.29) is 24.1 Å². The highest BCUT2D eigenvalue weighted by molar-refractivity contribution is 5.77. The van der Waals surface area contributed by atoms with Gasteiger partial charge in [-0.25, -0.2) is 0 Å². The number of amides is 1. The Morgan fingerprint density at radius 3 is 2.43 bits per heavy atom. The van der Waals surface area contributed by atoms with Crippen molar-refractivity contribution in [3.8, 4) is 5.75 Å². The minimum Gasteiger partial charge on any atom is -0.508 e. The maximum Gasteiger partial charge on any atom is 0.225 e. The molecule has 1 aliphatic carbocycles. The molecule has 0 saturated heterocycles. The van der Waals surface area contributed by atoms with Crippen LogP contribution in [0.2, 0.25) is 0 Å². The fraction of sp³-hybridized carbons (Fsp3) is 0.588. The lowest BCUT2D eigenvalue weighted by Crippen LogP contribution is -2.41. The molecule has 4 nitrogen and oxygen atoms in total. The minimum absolute atomic E-state index is 0.00526. The van der Waals surface area contributed by atoms with Crippen LogP contribution in [0.15, 0.2) is 24.3 Å². The molecule has 1 aliphatic rings. The van der Waals surface area contributed by atoms with Crippen molar-refractivity contribution in [2.24, 2.45) is 0 Å². The first-order valence-corrected chi connectivity index (χ1v) is 7.66. The van der Waals surface area contributed by atoms with Crippen LogP contribution in [0.3, 0.4) is 0 Å². The smallest absolute Gasteiger partial charge is 0.225 e. The van der Waals surface area contributed by atoms with Crippen molar-refractivity contribution in [1.29, 1.82) is 0 Å². The summed E-state index contributed by atoms with van der Waals surface area (Å²) in [6.07, 6.45) is 4.45. The summed E-state index contributed by atoms with van der Waals surface area (Å²) in [4.78, 5) is 14.0. The fourth-order valence-electron chi connectivity index (χ4n) is 2.97. The highest BCUT2D eigenvalue weighted by Crippen LogP contribution is 2.32. The molecular weight excluding hydrogens is 266 g/mol. The molecule has 4 heteroatoms. The Labute approximate surface area is 126 Å². The Hall–Kier alpha value is -1.55. The van der Waals surface area contributed by atoms with Gasteiger partial charge in [0.05, 0.1) is 12.0 Å². The first-order valence-electron chi connectivity index (χ1n) is 7.66. The molecule has 0 bridgehead atoms. The standard InChI is InChI=1S/C17H25NO3/c1-13(11-14-5-7-15(19)8-6-14)18(2)16(20)12-17(21)9-3-4-10-17/h5-8,13,19,21H,3-4,9-12H2,1-2H3. The highest BCUT2D eigenvalue weighted by Gasteiger charge is 2.34. The van der Waals surface area contributed by atoms with E-state index in [0.717, 1.165) is 37.7 Å². The van der Waals surface area contributed by atoms with Gasteiger partial charge >= 0.3 is 0 Å². The van der Waals surface area contributed by atoms with Crippen LogP contribution in [0.5, 0.6) is 5.75 Å². The van der Waals surface area contributed by atoms with Gasteiger partial charge < -0.3 is 15.1 Å². The maximum atomic E-state index is 12.3. The Morgan fingerprint density at radius 2 is 1.86 bits per heavy atom. The van der Waals surface area contributed by atoms with Gasteiger partial charge in [0.1, 0.15) is 5.75 Å². The molecule has 116 valence electrons. The van der Waals surface area contributed by atoms with Crippen LogP contribution in [0.1, 0.15) is 44.6 Å². The number of aliphatic hydroxyl groups is 1. The Bertz CT molecular complexity index is 477. The van der Waals surface area contributed by atoms with E-state index >= 15 is 0 Å². The molecule has 1 aromatic rings. The van der Waals surface area contributed by atoms with Crippen molar-refractivity contribution in [3.05, 3.63) is 29.8 Å². The van der Waals surface area contributed by atoms with Crippen molar-refractivity contribution in [2.75, 3.05) is 7.05 Å². The number of aromatic hydroxyl groups is 1. The normalized spacial score (nSPS) is 18.4. The summed E-state index contributed by atoms with van der Waals surface area (Å²) in [7, 11) is 1.80. The third kappa shape index (κ3) is 4.21. The first-order chi connectivity index (χ1) is 9.89. The molecule has 1 aromatic carbocycles. The summed E-state index contributed by atoms with van der Waals surface area (Å²) in [5.74, 6) is 0.255. The summed E-state index contributed by atoms with van der Waals surface area (Å²) in [5, 5.41) is 19.6. The van der Waals surface area contributed by atoms with E-state index in [0.29, 0.717) is 0 Å².